The minimum absolute atomic E-state index is 0.0981. The van der Waals surface area contributed by atoms with E-state index in [9.17, 15) is 13.2 Å². The molecule has 1 N–H and O–H groups in total. The van der Waals surface area contributed by atoms with Crippen molar-refractivity contribution >= 4 is 44.1 Å². The fourth-order valence-electron chi connectivity index (χ4n) is 3.58. The molecule has 0 saturated carbocycles. The smallest absolute Gasteiger partial charge is 0.258 e. The number of aromatic amines is 1. The summed E-state index contributed by atoms with van der Waals surface area (Å²) in [5.41, 5.74) is 1.41. The molecular weight excluding hydrogens is 440 g/mol. The number of methoxy groups -OCH3 is 1. The van der Waals surface area contributed by atoms with Gasteiger partial charge in [0, 0.05) is 42.1 Å². The van der Waals surface area contributed by atoms with Gasteiger partial charge < -0.3 is 14.6 Å². The molecule has 0 spiro atoms. The van der Waals surface area contributed by atoms with Crippen LogP contribution in [0.4, 0.5) is 5.69 Å². The Morgan fingerprint density at radius 2 is 1.87 bits per heavy atom. The van der Waals surface area contributed by atoms with E-state index in [1.807, 2.05) is 0 Å². The van der Waals surface area contributed by atoms with Crippen molar-refractivity contribution in [3.63, 3.8) is 0 Å². The first-order chi connectivity index (χ1) is 14.8. The fraction of sp³-hybridized carbons (Fsp3) is 0.238. The van der Waals surface area contributed by atoms with Crippen LogP contribution in [0, 0.1) is 6.57 Å². The van der Waals surface area contributed by atoms with E-state index in [2.05, 4.69) is 9.83 Å². The van der Waals surface area contributed by atoms with Crippen molar-refractivity contribution in [2.75, 3.05) is 33.3 Å². The first kappa shape index (κ1) is 21.2. The molecule has 2 aromatic carbocycles. The third kappa shape index (κ3) is 3.97. The number of nitrogens with zero attached hydrogens (tertiary/aromatic N) is 3. The maximum Gasteiger partial charge on any atom is 0.258 e. The molecule has 4 rings (SSSR count). The number of amides is 1. The summed E-state index contributed by atoms with van der Waals surface area (Å²) in [6.07, 6.45) is 0. The highest BCUT2D eigenvalue weighted by atomic mass is 35.5. The van der Waals surface area contributed by atoms with Crippen LogP contribution in [0.5, 0.6) is 5.75 Å². The number of H-pyrrole nitrogens is 1. The summed E-state index contributed by atoms with van der Waals surface area (Å²) in [5, 5.41) is 1.35. The second-order valence-electron chi connectivity index (χ2n) is 7.06. The summed E-state index contributed by atoms with van der Waals surface area (Å²) < 4.78 is 32.8. The summed E-state index contributed by atoms with van der Waals surface area (Å²) >= 11 is 5.99. The lowest BCUT2D eigenvalue weighted by molar-refractivity contribution is 0.0694. The molecule has 0 aliphatic carbocycles. The molecule has 10 heteroatoms. The van der Waals surface area contributed by atoms with E-state index >= 15 is 0 Å². The number of aromatic nitrogens is 1. The maximum atomic E-state index is 13.1. The number of rotatable bonds is 4. The van der Waals surface area contributed by atoms with Gasteiger partial charge in [0.1, 0.15) is 10.8 Å². The van der Waals surface area contributed by atoms with Crippen LogP contribution in [-0.4, -0.2) is 61.8 Å². The molecule has 2 heterocycles. The molecule has 0 unspecified atom stereocenters. The number of carbonyl (C=O) groups excluding carboxylic acids is 1. The van der Waals surface area contributed by atoms with E-state index in [0.717, 1.165) is 5.39 Å². The Morgan fingerprint density at radius 1 is 1.13 bits per heavy atom. The second-order valence-corrected chi connectivity index (χ2v) is 9.40. The average Bonchev–Trinajstić information content (AvgIpc) is 3.22. The highest BCUT2D eigenvalue weighted by Gasteiger charge is 2.32. The van der Waals surface area contributed by atoms with Crippen molar-refractivity contribution in [1.29, 1.82) is 0 Å². The molecular formula is C21H19ClN4O4S. The molecule has 1 aliphatic heterocycles. The maximum absolute atomic E-state index is 13.1. The van der Waals surface area contributed by atoms with Gasteiger partial charge in [-0.05, 0) is 30.3 Å². The minimum Gasteiger partial charge on any atom is -0.497 e. The molecule has 0 bridgehead atoms. The van der Waals surface area contributed by atoms with Gasteiger partial charge in [-0.1, -0.05) is 23.7 Å². The molecule has 3 aromatic rings. The van der Waals surface area contributed by atoms with Gasteiger partial charge in [-0.15, -0.1) is 0 Å². The first-order valence-electron chi connectivity index (χ1n) is 9.46. The van der Waals surface area contributed by atoms with Crippen molar-refractivity contribution in [2.24, 2.45) is 0 Å². The summed E-state index contributed by atoms with van der Waals surface area (Å²) in [4.78, 5) is 20.8. The van der Waals surface area contributed by atoms with Gasteiger partial charge in [-0.3, -0.25) is 4.79 Å². The molecule has 1 aromatic heterocycles. The molecule has 0 atom stereocenters. The molecule has 1 aliphatic rings. The zero-order valence-electron chi connectivity index (χ0n) is 16.6. The van der Waals surface area contributed by atoms with Gasteiger partial charge in [0.05, 0.1) is 19.2 Å². The van der Waals surface area contributed by atoms with Gasteiger partial charge >= 0.3 is 0 Å². The lowest BCUT2D eigenvalue weighted by Gasteiger charge is -2.34. The minimum atomic E-state index is -3.73. The number of hydrogen-bond donors (Lipinski definition) is 1. The van der Waals surface area contributed by atoms with E-state index in [1.54, 1.807) is 41.3 Å². The standard InChI is InChI=1S/C21H19ClN4O4S/c1-23-16-4-5-17(19(13-16)30-2)21(27)25-7-9-26(10-8-25)31(28,29)20-12-14-11-15(22)3-6-18(14)24-20/h3-6,11-13,24H,7-10H2,2H3. The lowest BCUT2D eigenvalue weighted by Crippen LogP contribution is -2.50. The zero-order chi connectivity index (χ0) is 22.2. The molecule has 0 radical (unpaired) electrons. The summed E-state index contributed by atoms with van der Waals surface area (Å²) in [5.74, 6) is 0.0657. The van der Waals surface area contributed by atoms with E-state index < -0.39 is 10.0 Å². The quantitative estimate of drug-likeness (QED) is 0.606. The summed E-state index contributed by atoms with van der Waals surface area (Å²) in [6.45, 7) is 7.93. The number of benzene rings is 2. The van der Waals surface area contributed by atoms with Crippen molar-refractivity contribution in [2.45, 2.75) is 5.03 Å². The Kier molecular flexibility index (Phi) is 5.62. The van der Waals surface area contributed by atoms with E-state index in [0.29, 0.717) is 27.5 Å². The van der Waals surface area contributed by atoms with Crippen molar-refractivity contribution in [3.8, 4) is 5.75 Å². The van der Waals surface area contributed by atoms with Gasteiger partial charge in [0.25, 0.3) is 15.9 Å². The third-order valence-corrected chi connectivity index (χ3v) is 7.30. The normalized spacial score (nSPS) is 15.1. The van der Waals surface area contributed by atoms with Gasteiger partial charge in [0.2, 0.25) is 0 Å². The van der Waals surface area contributed by atoms with Gasteiger partial charge in [0.15, 0.2) is 5.69 Å². The van der Waals surface area contributed by atoms with Crippen LogP contribution in [0.15, 0.2) is 47.5 Å². The Hall–Kier alpha value is -3.06. The molecule has 1 saturated heterocycles. The van der Waals surface area contributed by atoms with Crippen LogP contribution < -0.4 is 4.74 Å². The van der Waals surface area contributed by atoms with Crippen LogP contribution in [0.1, 0.15) is 10.4 Å². The zero-order valence-corrected chi connectivity index (χ0v) is 18.2. The lowest BCUT2D eigenvalue weighted by atomic mass is 10.1. The first-order valence-corrected chi connectivity index (χ1v) is 11.3. The molecule has 31 heavy (non-hydrogen) atoms. The summed E-state index contributed by atoms with van der Waals surface area (Å²) in [7, 11) is -2.29. The molecule has 160 valence electrons. The summed E-state index contributed by atoms with van der Waals surface area (Å²) in [6, 6.07) is 11.3. The number of ether oxygens (including phenoxy) is 1. The Balaban J connectivity index is 1.50. The van der Waals surface area contributed by atoms with Gasteiger partial charge in [-0.25, -0.2) is 13.3 Å². The molecule has 1 fully saturated rings. The third-order valence-electron chi connectivity index (χ3n) is 5.25. The topological polar surface area (TPSA) is 87.1 Å². The van der Waals surface area contributed by atoms with Gasteiger partial charge in [-0.2, -0.15) is 4.31 Å². The predicted octanol–water partition coefficient (Wildman–Crippen LogP) is 3.53. The van der Waals surface area contributed by atoms with Crippen LogP contribution in [0.2, 0.25) is 5.02 Å². The monoisotopic (exact) mass is 458 g/mol. The highest BCUT2D eigenvalue weighted by molar-refractivity contribution is 7.89. The predicted molar refractivity (Wildman–Crippen MR) is 117 cm³/mol. The number of sulfonamides is 1. The number of carbonyl (C=O) groups is 1. The van der Waals surface area contributed by atoms with E-state index in [4.69, 9.17) is 22.9 Å². The second kappa shape index (κ2) is 8.23. The fourth-order valence-corrected chi connectivity index (χ4v) is 5.20. The number of halogens is 1. The number of piperazine rings is 1. The highest BCUT2D eigenvalue weighted by Crippen LogP contribution is 2.28. The largest absolute Gasteiger partial charge is 0.497 e. The molecule has 8 nitrogen and oxygen atoms in total. The van der Waals surface area contributed by atoms with E-state index in [-0.39, 0.29) is 37.1 Å². The SMILES string of the molecule is [C-]#[N+]c1ccc(C(=O)N2CCN(S(=O)(=O)c3cc4cc(Cl)ccc4[nH]3)CC2)c(OC)c1. The number of fused-ring (bicyclic) bond motifs is 1. The van der Waals surface area contributed by atoms with Crippen LogP contribution in [0.3, 0.4) is 0 Å². The van der Waals surface area contributed by atoms with E-state index in [1.165, 1.54) is 17.5 Å². The van der Waals surface area contributed by atoms with Crippen LogP contribution >= 0.6 is 11.6 Å². The number of hydrogen-bond acceptors (Lipinski definition) is 4. The van der Waals surface area contributed by atoms with Crippen molar-refractivity contribution in [3.05, 3.63) is 64.5 Å². The Bertz CT molecular complexity index is 1300. The number of nitrogens with one attached hydrogen (secondary N) is 1. The van der Waals surface area contributed by atoms with Crippen molar-refractivity contribution < 1.29 is 17.9 Å². The van der Waals surface area contributed by atoms with Crippen LogP contribution in [-0.2, 0) is 10.0 Å². The molecule has 1 amide bonds. The Morgan fingerprint density at radius 3 is 2.55 bits per heavy atom. The van der Waals surface area contributed by atoms with Crippen molar-refractivity contribution in [1.82, 2.24) is 14.2 Å². The Labute approximate surface area is 184 Å². The average molecular weight is 459 g/mol. The van der Waals surface area contributed by atoms with Crippen LogP contribution in [0.25, 0.3) is 15.7 Å².